The quantitative estimate of drug-likeness (QED) is 0.729. The number of aliphatic hydroxyl groups is 1. The maximum absolute atomic E-state index is 11.4. The summed E-state index contributed by atoms with van der Waals surface area (Å²) in [7, 11) is 0. The number of nitriles is 1. The Kier molecular flexibility index (Phi) is 5.68. The number of amides is 2. The van der Waals surface area contributed by atoms with Crippen LogP contribution >= 0.6 is 0 Å². The third kappa shape index (κ3) is 5.32. The van der Waals surface area contributed by atoms with Crippen molar-refractivity contribution < 1.29 is 9.90 Å². The molecule has 1 atom stereocenters. The molecule has 18 heavy (non-hydrogen) atoms. The van der Waals surface area contributed by atoms with E-state index in [9.17, 15) is 4.79 Å². The molecule has 0 fully saturated rings. The van der Waals surface area contributed by atoms with Crippen molar-refractivity contribution in [3.63, 3.8) is 0 Å². The molecule has 0 bridgehead atoms. The molecular formula is C13H17N3O2. The fraction of sp³-hybridized carbons (Fsp3) is 0.385. The Bertz CT molecular complexity index is 421. The van der Waals surface area contributed by atoms with Gasteiger partial charge >= 0.3 is 6.03 Å². The second-order valence-electron chi connectivity index (χ2n) is 4.06. The summed E-state index contributed by atoms with van der Waals surface area (Å²) in [5.41, 5.74) is 1.53. The smallest absolute Gasteiger partial charge is 0.315 e. The summed E-state index contributed by atoms with van der Waals surface area (Å²) in [5, 5.41) is 23.0. The van der Waals surface area contributed by atoms with Crippen LogP contribution in [0.4, 0.5) is 4.79 Å². The van der Waals surface area contributed by atoms with Gasteiger partial charge < -0.3 is 15.7 Å². The maximum atomic E-state index is 11.4. The van der Waals surface area contributed by atoms with Crippen LogP contribution in [0.15, 0.2) is 24.3 Å². The van der Waals surface area contributed by atoms with Crippen molar-refractivity contribution in [2.24, 2.45) is 0 Å². The van der Waals surface area contributed by atoms with E-state index in [-0.39, 0.29) is 6.03 Å². The number of hydrogen-bond donors (Lipinski definition) is 3. The molecule has 1 rings (SSSR count). The Morgan fingerprint density at radius 2 is 2.06 bits per heavy atom. The number of nitrogens with one attached hydrogen (secondary N) is 2. The molecule has 96 valence electrons. The van der Waals surface area contributed by atoms with Crippen LogP contribution in [-0.4, -0.2) is 23.8 Å². The molecule has 3 N–H and O–H groups in total. The van der Waals surface area contributed by atoms with E-state index < -0.39 is 6.10 Å². The highest BCUT2D eigenvalue weighted by Gasteiger charge is 2.01. The molecule has 1 aromatic rings. The van der Waals surface area contributed by atoms with Crippen LogP contribution in [0.2, 0.25) is 0 Å². The summed E-state index contributed by atoms with van der Waals surface area (Å²) < 4.78 is 0. The molecule has 0 heterocycles. The van der Waals surface area contributed by atoms with Crippen molar-refractivity contribution in [3.05, 3.63) is 35.4 Å². The van der Waals surface area contributed by atoms with E-state index in [1.807, 2.05) is 6.07 Å². The monoisotopic (exact) mass is 247 g/mol. The second-order valence-corrected chi connectivity index (χ2v) is 4.06. The van der Waals surface area contributed by atoms with E-state index in [0.717, 1.165) is 5.56 Å². The van der Waals surface area contributed by atoms with Crippen LogP contribution in [0.3, 0.4) is 0 Å². The van der Waals surface area contributed by atoms with Gasteiger partial charge in [-0.25, -0.2) is 4.79 Å². The normalized spacial score (nSPS) is 11.4. The highest BCUT2D eigenvalue weighted by atomic mass is 16.3. The van der Waals surface area contributed by atoms with Crippen molar-refractivity contribution in [2.75, 3.05) is 6.54 Å². The number of aliphatic hydroxyl groups excluding tert-OH is 1. The fourth-order valence-corrected chi connectivity index (χ4v) is 1.34. The van der Waals surface area contributed by atoms with Crippen LogP contribution in [0, 0.1) is 11.3 Å². The highest BCUT2D eigenvalue weighted by molar-refractivity contribution is 5.73. The van der Waals surface area contributed by atoms with Crippen LogP contribution in [0.5, 0.6) is 0 Å². The lowest BCUT2D eigenvalue weighted by Crippen LogP contribution is -2.36. The van der Waals surface area contributed by atoms with Crippen LogP contribution in [-0.2, 0) is 6.54 Å². The van der Waals surface area contributed by atoms with E-state index in [4.69, 9.17) is 10.4 Å². The predicted molar refractivity (Wildman–Crippen MR) is 67.7 cm³/mol. The molecule has 2 amide bonds. The average Bonchev–Trinajstić information content (AvgIpc) is 2.36. The second kappa shape index (κ2) is 7.30. The summed E-state index contributed by atoms with van der Waals surface area (Å²) in [6.07, 6.45) is 0.119. The Morgan fingerprint density at radius 3 is 2.61 bits per heavy atom. The minimum absolute atomic E-state index is 0.264. The first-order valence-corrected chi connectivity index (χ1v) is 5.80. The van der Waals surface area contributed by atoms with E-state index in [1.54, 1.807) is 31.2 Å². The molecule has 0 spiro atoms. The number of carbonyl (C=O) groups excluding carboxylic acids is 1. The Labute approximate surface area is 106 Å². The maximum Gasteiger partial charge on any atom is 0.315 e. The molecule has 0 radical (unpaired) electrons. The van der Waals surface area contributed by atoms with Crippen LogP contribution < -0.4 is 10.6 Å². The average molecular weight is 247 g/mol. The van der Waals surface area contributed by atoms with Gasteiger partial charge in [0.05, 0.1) is 17.7 Å². The number of urea groups is 1. The van der Waals surface area contributed by atoms with E-state index in [2.05, 4.69) is 10.6 Å². The first-order valence-electron chi connectivity index (χ1n) is 5.80. The highest BCUT2D eigenvalue weighted by Crippen LogP contribution is 2.02. The molecule has 5 nitrogen and oxygen atoms in total. The standard InChI is InChI=1S/C13H17N3O2/c1-10(17)6-7-15-13(18)16-9-12-4-2-11(8-14)3-5-12/h2-5,10,17H,6-7,9H2,1H3,(H2,15,16,18). The van der Waals surface area contributed by atoms with Gasteiger partial charge in [-0.3, -0.25) is 0 Å². The number of nitrogens with zero attached hydrogens (tertiary/aromatic N) is 1. The molecule has 0 aliphatic carbocycles. The minimum atomic E-state index is -0.413. The third-order valence-corrected chi connectivity index (χ3v) is 2.38. The number of carbonyl (C=O) groups is 1. The van der Waals surface area contributed by atoms with Crippen molar-refractivity contribution >= 4 is 6.03 Å². The zero-order chi connectivity index (χ0) is 13.4. The summed E-state index contributed by atoms with van der Waals surface area (Å²) in [5.74, 6) is 0. The molecular weight excluding hydrogens is 230 g/mol. The lowest BCUT2D eigenvalue weighted by Gasteiger charge is -2.08. The molecule has 0 saturated heterocycles. The lowest BCUT2D eigenvalue weighted by molar-refractivity contribution is 0.183. The molecule has 0 aromatic heterocycles. The summed E-state index contributed by atoms with van der Waals surface area (Å²) in [4.78, 5) is 11.4. The summed E-state index contributed by atoms with van der Waals surface area (Å²) in [6, 6.07) is 8.79. The van der Waals surface area contributed by atoms with Gasteiger partial charge in [-0.2, -0.15) is 5.26 Å². The van der Waals surface area contributed by atoms with Gasteiger partial charge in [0.15, 0.2) is 0 Å². The topological polar surface area (TPSA) is 85.2 Å². The van der Waals surface area contributed by atoms with E-state index >= 15 is 0 Å². The number of benzene rings is 1. The van der Waals surface area contributed by atoms with Crippen molar-refractivity contribution in [1.82, 2.24) is 10.6 Å². The molecule has 0 aliphatic rings. The van der Waals surface area contributed by atoms with Gasteiger partial charge in [0.2, 0.25) is 0 Å². The SMILES string of the molecule is CC(O)CCNC(=O)NCc1ccc(C#N)cc1. The Hall–Kier alpha value is -2.06. The lowest BCUT2D eigenvalue weighted by atomic mass is 10.1. The first-order chi connectivity index (χ1) is 8.61. The predicted octanol–water partition coefficient (Wildman–Crippen LogP) is 1.13. The van der Waals surface area contributed by atoms with E-state index in [1.165, 1.54) is 0 Å². The minimum Gasteiger partial charge on any atom is -0.393 e. The van der Waals surface area contributed by atoms with Gasteiger partial charge in [-0.1, -0.05) is 12.1 Å². The molecule has 5 heteroatoms. The number of rotatable bonds is 5. The fourth-order valence-electron chi connectivity index (χ4n) is 1.34. The largest absolute Gasteiger partial charge is 0.393 e. The third-order valence-electron chi connectivity index (χ3n) is 2.38. The molecule has 1 aromatic carbocycles. The van der Waals surface area contributed by atoms with Gasteiger partial charge in [0.25, 0.3) is 0 Å². The van der Waals surface area contributed by atoms with Gasteiger partial charge in [-0.05, 0) is 31.0 Å². The first kappa shape index (κ1) is 14.0. The zero-order valence-electron chi connectivity index (χ0n) is 10.3. The van der Waals surface area contributed by atoms with Crippen molar-refractivity contribution in [1.29, 1.82) is 5.26 Å². The van der Waals surface area contributed by atoms with E-state index in [0.29, 0.717) is 25.1 Å². The van der Waals surface area contributed by atoms with Gasteiger partial charge in [-0.15, -0.1) is 0 Å². The Balaban J connectivity index is 2.27. The summed E-state index contributed by atoms with van der Waals surface area (Å²) >= 11 is 0. The van der Waals surface area contributed by atoms with Crippen molar-refractivity contribution in [2.45, 2.75) is 26.0 Å². The molecule has 1 unspecified atom stereocenters. The number of hydrogen-bond acceptors (Lipinski definition) is 3. The molecule has 0 saturated carbocycles. The molecule has 0 aliphatic heterocycles. The van der Waals surface area contributed by atoms with Gasteiger partial charge in [0.1, 0.15) is 0 Å². The van der Waals surface area contributed by atoms with Crippen molar-refractivity contribution in [3.8, 4) is 6.07 Å². The van der Waals surface area contributed by atoms with Crippen LogP contribution in [0.1, 0.15) is 24.5 Å². The zero-order valence-corrected chi connectivity index (χ0v) is 10.3. The van der Waals surface area contributed by atoms with Gasteiger partial charge in [0, 0.05) is 13.1 Å². The summed E-state index contributed by atoms with van der Waals surface area (Å²) in [6.45, 7) is 2.53. The van der Waals surface area contributed by atoms with Crippen LogP contribution in [0.25, 0.3) is 0 Å². The Morgan fingerprint density at radius 1 is 1.39 bits per heavy atom.